The number of ether oxygens (including phenoxy) is 1. The van der Waals surface area contributed by atoms with E-state index in [0.717, 1.165) is 43.6 Å². The van der Waals surface area contributed by atoms with E-state index in [1.54, 1.807) is 7.11 Å². The summed E-state index contributed by atoms with van der Waals surface area (Å²) in [5.74, 6) is 1.52. The van der Waals surface area contributed by atoms with Gasteiger partial charge in [0.25, 0.3) is 0 Å². The molecule has 0 unspecified atom stereocenters. The number of benzene rings is 3. The van der Waals surface area contributed by atoms with Gasteiger partial charge in [-0.2, -0.15) is 0 Å². The van der Waals surface area contributed by atoms with E-state index in [1.807, 2.05) is 72.8 Å². The average molecular weight is 421 g/mol. The number of halogens is 1. The van der Waals surface area contributed by atoms with Crippen LogP contribution in [0.3, 0.4) is 0 Å². The first-order valence-electron chi connectivity index (χ1n) is 8.41. The highest BCUT2D eigenvalue weighted by atomic mass is 79.9. The van der Waals surface area contributed by atoms with Crippen molar-refractivity contribution < 1.29 is 9.15 Å². The van der Waals surface area contributed by atoms with E-state index in [-0.39, 0.29) is 0 Å². The van der Waals surface area contributed by atoms with Crippen LogP contribution in [-0.4, -0.2) is 7.11 Å². The van der Waals surface area contributed by atoms with Gasteiger partial charge in [0.15, 0.2) is 0 Å². The Morgan fingerprint density at radius 1 is 0.963 bits per heavy atom. The van der Waals surface area contributed by atoms with Crippen molar-refractivity contribution >= 4 is 38.3 Å². The molecule has 134 valence electrons. The molecule has 0 saturated heterocycles. The van der Waals surface area contributed by atoms with Gasteiger partial charge in [0.05, 0.1) is 23.8 Å². The first-order valence-corrected chi connectivity index (χ1v) is 9.20. The molecule has 0 aliphatic heterocycles. The van der Waals surface area contributed by atoms with Crippen LogP contribution in [0.25, 0.3) is 22.3 Å². The van der Waals surface area contributed by atoms with Crippen LogP contribution in [0.2, 0.25) is 0 Å². The lowest BCUT2D eigenvalue weighted by molar-refractivity contribution is 0.415. The van der Waals surface area contributed by atoms with Crippen molar-refractivity contribution in [1.29, 1.82) is 0 Å². The Morgan fingerprint density at radius 2 is 1.74 bits per heavy atom. The topological polar surface area (TPSA) is 60.8 Å². The van der Waals surface area contributed by atoms with Gasteiger partial charge >= 0.3 is 0 Å². The van der Waals surface area contributed by atoms with Crippen molar-refractivity contribution in [2.45, 2.75) is 0 Å². The molecule has 1 heterocycles. The number of nitrogen functional groups attached to an aromatic ring is 1. The van der Waals surface area contributed by atoms with Gasteiger partial charge < -0.3 is 14.9 Å². The van der Waals surface area contributed by atoms with Crippen LogP contribution in [0.4, 0.5) is 11.4 Å². The summed E-state index contributed by atoms with van der Waals surface area (Å²) >= 11 is 3.52. The summed E-state index contributed by atoms with van der Waals surface area (Å²) in [5.41, 5.74) is 9.13. The standard InChI is InChI=1S/C22H17BrN2O2/c1-26-16-9-6-14(7-10-16)22-13-20(25-19-5-3-2-4-18(19)24)17-12-15(23)8-11-21(17)27-22/h2-13H,24H2,1H3. The van der Waals surface area contributed by atoms with Gasteiger partial charge in [-0.3, -0.25) is 0 Å². The van der Waals surface area contributed by atoms with Crippen LogP contribution < -0.4 is 15.8 Å². The van der Waals surface area contributed by atoms with Gasteiger partial charge in [0.2, 0.25) is 0 Å². The molecule has 2 N–H and O–H groups in total. The van der Waals surface area contributed by atoms with Crippen LogP contribution in [0.5, 0.6) is 5.75 Å². The molecule has 0 amide bonds. The minimum atomic E-state index is 0.632. The van der Waals surface area contributed by atoms with Crippen LogP contribution in [0.1, 0.15) is 0 Å². The summed E-state index contributed by atoms with van der Waals surface area (Å²) in [7, 11) is 1.65. The zero-order valence-corrected chi connectivity index (χ0v) is 16.2. The molecule has 3 aromatic carbocycles. The molecule has 4 rings (SSSR count). The van der Waals surface area contributed by atoms with Crippen molar-refractivity contribution in [2.75, 3.05) is 12.8 Å². The minimum Gasteiger partial charge on any atom is -0.497 e. The Kier molecular flexibility index (Phi) is 4.69. The first-order chi connectivity index (χ1) is 13.1. The number of nitrogens with zero attached hydrogens (tertiary/aromatic N) is 1. The molecule has 0 spiro atoms. The fourth-order valence-electron chi connectivity index (χ4n) is 2.85. The maximum Gasteiger partial charge on any atom is 0.136 e. The van der Waals surface area contributed by atoms with Gasteiger partial charge in [0, 0.05) is 21.5 Å². The van der Waals surface area contributed by atoms with Crippen molar-refractivity contribution in [3.05, 3.63) is 82.6 Å². The fraction of sp³-hybridized carbons (Fsp3) is 0.0455. The quantitative estimate of drug-likeness (QED) is 0.433. The molecule has 0 fully saturated rings. The SMILES string of the molecule is COc1ccc(-c2cc(=Nc3ccccc3N)c3cc(Br)ccc3o2)cc1. The number of anilines is 1. The number of para-hydroxylation sites is 2. The lowest BCUT2D eigenvalue weighted by atomic mass is 10.1. The van der Waals surface area contributed by atoms with E-state index in [2.05, 4.69) is 15.9 Å². The largest absolute Gasteiger partial charge is 0.497 e. The zero-order valence-electron chi connectivity index (χ0n) is 14.6. The third-order valence-corrected chi connectivity index (χ3v) is 4.75. The Balaban J connectivity index is 1.97. The average Bonchev–Trinajstić information content (AvgIpc) is 2.70. The number of hydrogen-bond donors (Lipinski definition) is 1. The third-order valence-electron chi connectivity index (χ3n) is 4.26. The van der Waals surface area contributed by atoms with Crippen LogP contribution in [0, 0.1) is 0 Å². The predicted octanol–water partition coefficient (Wildman–Crippen LogP) is 5.69. The highest BCUT2D eigenvalue weighted by molar-refractivity contribution is 9.10. The van der Waals surface area contributed by atoms with E-state index in [4.69, 9.17) is 19.9 Å². The predicted molar refractivity (Wildman–Crippen MR) is 112 cm³/mol. The highest BCUT2D eigenvalue weighted by Crippen LogP contribution is 2.27. The smallest absolute Gasteiger partial charge is 0.136 e. The number of methoxy groups -OCH3 is 1. The van der Waals surface area contributed by atoms with Crippen molar-refractivity contribution in [2.24, 2.45) is 4.99 Å². The number of hydrogen-bond acceptors (Lipinski definition) is 4. The van der Waals surface area contributed by atoms with Gasteiger partial charge in [-0.1, -0.05) is 28.1 Å². The van der Waals surface area contributed by atoms with Gasteiger partial charge in [-0.05, 0) is 54.6 Å². The molecule has 27 heavy (non-hydrogen) atoms. The van der Waals surface area contributed by atoms with Crippen LogP contribution >= 0.6 is 15.9 Å². The van der Waals surface area contributed by atoms with E-state index in [0.29, 0.717) is 5.69 Å². The Morgan fingerprint density at radius 3 is 2.48 bits per heavy atom. The normalized spacial score (nSPS) is 11.7. The summed E-state index contributed by atoms with van der Waals surface area (Å²) in [5, 5.41) is 1.70. The van der Waals surface area contributed by atoms with Gasteiger partial charge in [0.1, 0.15) is 17.1 Å². The summed E-state index contributed by atoms with van der Waals surface area (Å²) in [6.07, 6.45) is 0. The second-order valence-corrected chi connectivity index (χ2v) is 6.95. The molecule has 1 aromatic heterocycles. The van der Waals surface area contributed by atoms with E-state index >= 15 is 0 Å². The molecular weight excluding hydrogens is 404 g/mol. The van der Waals surface area contributed by atoms with Crippen LogP contribution in [0.15, 0.2) is 86.7 Å². The lowest BCUT2D eigenvalue weighted by Gasteiger charge is -2.07. The molecule has 0 radical (unpaired) electrons. The Hall–Kier alpha value is -3.05. The summed E-state index contributed by atoms with van der Waals surface area (Å²) in [6, 6.07) is 23.1. The van der Waals surface area contributed by atoms with Crippen molar-refractivity contribution in [3.8, 4) is 17.1 Å². The molecule has 0 atom stereocenters. The highest BCUT2D eigenvalue weighted by Gasteiger charge is 2.08. The molecular formula is C22H17BrN2O2. The molecule has 0 aliphatic carbocycles. The van der Waals surface area contributed by atoms with Gasteiger partial charge in [-0.15, -0.1) is 0 Å². The molecule has 4 nitrogen and oxygen atoms in total. The van der Waals surface area contributed by atoms with Crippen molar-refractivity contribution in [3.63, 3.8) is 0 Å². The maximum atomic E-state index is 6.13. The van der Waals surface area contributed by atoms with Gasteiger partial charge in [-0.25, -0.2) is 4.99 Å². The molecule has 4 aromatic rings. The third kappa shape index (κ3) is 3.59. The summed E-state index contributed by atoms with van der Waals surface area (Å²) in [6.45, 7) is 0. The maximum absolute atomic E-state index is 6.13. The second kappa shape index (κ2) is 7.29. The number of nitrogens with two attached hydrogens (primary N) is 1. The minimum absolute atomic E-state index is 0.632. The van der Waals surface area contributed by atoms with E-state index in [9.17, 15) is 0 Å². The molecule has 5 heteroatoms. The number of rotatable bonds is 3. The Bertz CT molecular complexity index is 1180. The number of fused-ring (bicyclic) bond motifs is 1. The second-order valence-electron chi connectivity index (χ2n) is 6.04. The zero-order chi connectivity index (χ0) is 18.8. The molecule has 0 bridgehead atoms. The molecule has 0 aliphatic rings. The molecule has 0 saturated carbocycles. The first kappa shape index (κ1) is 17.4. The van der Waals surface area contributed by atoms with Crippen molar-refractivity contribution in [1.82, 2.24) is 0 Å². The lowest BCUT2D eigenvalue weighted by Crippen LogP contribution is -2.03. The summed E-state index contributed by atoms with van der Waals surface area (Å²) in [4.78, 5) is 4.80. The van der Waals surface area contributed by atoms with E-state index < -0.39 is 0 Å². The fourth-order valence-corrected chi connectivity index (χ4v) is 3.21. The summed E-state index contributed by atoms with van der Waals surface area (Å²) < 4.78 is 12.3. The van der Waals surface area contributed by atoms with Crippen LogP contribution in [-0.2, 0) is 0 Å². The monoisotopic (exact) mass is 420 g/mol. The Labute approximate surface area is 165 Å². The van der Waals surface area contributed by atoms with E-state index in [1.165, 1.54) is 0 Å².